The van der Waals surface area contributed by atoms with Gasteiger partial charge in [0.2, 0.25) is 0 Å². The van der Waals surface area contributed by atoms with Crippen LogP contribution in [0.4, 0.5) is 0 Å². The second-order valence-corrected chi connectivity index (χ2v) is 4.00. The summed E-state index contributed by atoms with van der Waals surface area (Å²) in [4.78, 5) is 44.4. The number of rotatable bonds is 11. The molecular formula is C10H24MoN4O8+6. The molecule has 0 saturated heterocycles. The molecule has 0 aromatic carbocycles. The van der Waals surface area contributed by atoms with Gasteiger partial charge in [0.15, 0.2) is 0 Å². The van der Waals surface area contributed by atoms with Crippen LogP contribution in [0.5, 0.6) is 0 Å². The fourth-order valence-corrected chi connectivity index (χ4v) is 1.48. The minimum Gasteiger partial charge on any atom is -0.480 e. The normalized spacial score (nSPS) is 9.30. The van der Waals surface area contributed by atoms with Crippen LogP contribution in [-0.4, -0.2) is 93.4 Å². The fourth-order valence-electron chi connectivity index (χ4n) is 1.48. The molecular weight excluding hydrogens is 400 g/mol. The molecule has 0 aliphatic rings. The second kappa shape index (κ2) is 15.3. The van der Waals surface area contributed by atoms with E-state index in [1.807, 2.05) is 0 Å². The van der Waals surface area contributed by atoms with E-state index in [1.165, 1.54) is 0 Å². The van der Waals surface area contributed by atoms with Gasteiger partial charge in [-0.25, -0.2) is 0 Å². The molecule has 0 spiro atoms. The Morgan fingerprint density at radius 1 is 0.565 bits per heavy atom. The Bertz CT molecular complexity index is 327. The number of nitrogens with zero attached hydrogens (tertiary/aromatic N) is 2. The van der Waals surface area contributed by atoms with Crippen LogP contribution in [0.25, 0.3) is 0 Å². The molecule has 0 aliphatic carbocycles. The number of aliphatic carboxylic acids is 4. The van der Waals surface area contributed by atoms with Gasteiger partial charge in [-0.1, -0.05) is 0 Å². The van der Waals surface area contributed by atoms with Crippen molar-refractivity contribution in [2.24, 2.45) is 0 Å². The van der Waals surface area contributed by atoms with Crippen molar-refractivity contribution in [1.29, 1.82) is 0 Å². The first-order valence-electron chi connectivity index (χ1n) is 5.52. The molecule has 0 heterocycles. The van der Waals surface area contributed by atoms with Crippen LogP contribution in [0.3, 0.4) is 0 Å². The molecule has 0 aliphatic heterocycles. The van der Waals surface area contributed by atoms with Crippen molar-refractivity contribution in [3.8, 4) is 0 Å². The van der Waals surface area contributed by atoms with Crippen molar-refractivity contribution in [1.82, 2.24) is 22.1 Å². The van der Waals surface area contributed by atoms with Gasteiger partial charge in [-0.05, 0) is 0 Å². The molecule has 0 aromatic heterocycles. The van der Waals surface area contributed by atoms with Crippen LogP contribution in [-0.2, 0) is 40.2 Å². The Kier molecular flexibility index (Phi) is 19.6. The summed E-state index contributed by atoms with van der Waals surface area (Å²) in [7, 11) is 0. The summed E-state index contributed by atoms with van der Waals surface area (Å²) in [5, 5.41) is 34.5. The van der Waals surface area contributed by atoms with Crippen molar-refractivity contribution >= 4 is 23.9 Å². The molecule has 0 aromatic rings. The van der Waals surface area contributed by atoms with E-state index in [2.05, 4.69) is 0 Å². The summed E-state index contributed by atoms with van der Waals surface area (Å²) in [6.45, 7) is -2.25. The Morgan fingerprint density at radius 3 is 0.870 bits per heavy atom. The Balaban J connectivity index is -0.000000602. The maximum Gasteiger partial charge on any atom is 4.00 e. The number of carbonyl (C=O) groups is 4. The van der Waals surface area contributed by atoms with Gasteiger partial charge in [-0.2, -0.15) is 0 Å². The van der Waals surface area contributed by atoms with Gasteiger partial charge in [-0.3, -0.25) is 29.0 Å². The topological polar surface area (TPSA) is 229 Å². The zero-order valence-corrected chi connectivity index (χ0v) is 15.0. The van der Waals surface area contributed by atoms with Gasteiger partial charge >= 0.3 is 44.9 Å². The minimum absolute atomic E-state index is 0. The van der Waals surface area contributed by atoms with Crippen molar-refractivity contribution in [3.05, 3.63) is 0 Å². The molecule has 0 radical (unpaired) electrons. The summed E-state index contributed by atoms with van der Waals surface area (Å²) in [5.41, 5.74) is 0. The van der Waals surface area contributed by atoms with Crippen LogP contribution in [0.1, 0.15) is 0 Å². The zero-order chi connectivity index (χ0) is 15.7. The van der Waals surface area contributed by atoms with Gasteiger partial charge < -0.3 is 32.7 Å². The molecule has 13 heteroatoms. The molecule has 12 nitrogen and oxygen atoms in total. The van der Waals surface area contributed by atoms with E-state index in [1.54, 1.807) is 0 Å². The number of quaternary nitrogens is 2. The first kappa shape index (κ1) is 29.4. The van der Waals surface area contributed by atoms with E-state index < -0.39 is 50.1 Å². The molecule has 0 saturated carbocycles. The molecule has 0 amide bonds. The first-order chi connectivity index (χ1) is 9.20. The fraction of sp³-hybridized carbons (Fsp3) is 0.600. The number of hydrogen-bond donors (Lipinski definition) is 6. The van der Waals surface area contributed by atoms with Crippen LogP contribution < -0.4 is 12.3 Å². The summed E-state index contributed by atoms with van der Waals surface area (Å²) in [6.07, 6.45) is 0. The number of hydrogen-bond acceptors (Lipinski definition) is 6. The molecule has 0 fully saturated rings. The third kappa shape index (κ3) is 18.4. The van der Waals surface area contributed by atoms with Gasteiger partial charge in [0.1, 0.15) is 0 Å². The summed E-state index contributed by atoms with van der Waals surface area (Å²) >= 11 is 0. The standard InChI is InChI=1S/C10H16N2O8.Mo.2H3N/c13-7(14)3-11(4-8(15)16)1-2-12(5-9(17)18)6-10(19)20;;;/h1-6H2,(H,13,14)(H,15,16)(H,17,18)(H,19,20);;2*1H3/q;+4;;/p+2. The van der Waals surface area contributed by atoms with Crippen LogP contribution >= 0.6 is 0 Å². The van der Waals surface area contributed by atoms with Gasteiger partial charge in [0, 0.05) is 13.1 Å². The number of carboxylic acids is 4. The van der Waals surface area contributed by atoms with Crippen molar-refractivity contribution in [3.63, 3.8) is 0 Å². The third-order valence-electron chi connectivity index (χ3n) is 2.17. The molecule has 0 rings (SSSR count). The smallest absolute Gasteiger partial charge is 0.480 e. The summed E-state index contributed by atoms with van der Waals surface area (Å²) in [6, 6.07) is 0. The van der Waals surface area contributed by atoms with Crippen LogP contribution in [0.15, 0.2) is 0 Å². The first-order valence-corrected chi connectivity index (χ1v) is 5.52. The predicted molar refractivity (Wildman–Crippen MR) is 75.4 cm³/mol. The molecule has 0 atom stereocenters. The quantitative estimate of drug-likeness (QED) is 0.214. The predicted octanol–water partition coefficient (Wildman–Crippen LogP) is -1.32. The maximum absolute atomic E-state index is 10.6. The van der Waals surface area contributed by atoms with Gasteiger partial charge in [0.25, 0.3) is 0 Å². The average Bonchev–Trinajstić information content (AvgIpc) is 2.22. The van der Waals surface area contributed by atoms with E-state index in [-0.39, 0.29) is 46.5 Å². The van der Waals surface area contributed by atoms with Crippen molar-refractivity contribution < 1.29 is 60.7 Å². The molecule has 12 N–H and O–H groups in total. The SMILES string of the molecule is O=C(O)CN(CCN(CC(=O)O)CC(=O)O)CC(=O)O.[Mo+4].[NH4+].[NH4+]. The van der Waals surface area contributed by atoms with E-state index >= 15 is 0 Å². The Hall–Kier alpha value is -1.59. The largest absolute Gasteiger partial charge is 4.00 e. The van der Waals surface area contributed by atoms with Gasteiger partial charge in [-0.15, -0.1) is 0 Å². The van der Waals surface area contributed by atoms with Gasteiger partial charge in [0.05, 0.1) is 26.2 Å². The number of carboxylic acid groups (broad SMARTS) is 4. The van der Waals surface area contributed by atoms with E-state index in [0.717, 1.165) is 9.80 Å². The van der Waals surface area contributed by atoms with E-state index in [0.29, 0.717) is 0 Å². The summed E-state index contributed by atoms with van der Waals surface area (Å²) < 4.78 is 0. The molecule has 0 unspecified atom stereocenters. The average molecular weight is 424 g/mol. The minimum atomic E-state index is -1.23. The molecule has 132 valence electrons. The molecule has 23 heavy (non-hydrogen) atoms. The van der Waals surface area contributed by atoms with E-state index in [9.17, 15) is 19.2 Å². The summed E-state index contributed by atoms with van der Waals surface area (Å²) in [5.74, 6) is -4.91. The van der Waals surface area contributed by atoms with Crippen molar-refractivity contribution in [2.75, 3.05) is 39.3 Å². The Labute approximate surface area is 146 Å². The van der Waals surface area contributed by atoms with Crippen LogP contribution in [0.2, 0.25) is 0 Å². The monoisotopic (exact) mass is 426 g/mol. The molecule has 0 bridgehead atoms. The van der Waals surface area contributed by atoms with Crippen molar-refractivity contribution in [2.45, 2.75) is 0 Å². The van der Waals surface area contributed by atoms with Crippen LogP contribution in [0, 0.1) is 0 Å². The third-order valence-corrected chi connectivity index (χ3v) is 2.17. The Morgan fingerprint density at radius 2 is 0.739 bits per heavy atom. The van der Waals surface area contributed by atoms with E-state index in [4.69, 9.17) is 20.4 Å². The maximum atomic E-state index is 10.6. The second-order valence-electron chi connectivity index (χ2n) is 4.00. The zero-order valence-electron chi connectivity index (χ0n) is 13.0.